The Morgan fingerprint density at radius 1 is 1.03 bits per heavy atom. The maximum absolute atomic E-state index is 13.1. The first-order valence-corrected chi connectivity index (χ1v) is 9.82. The summed E-state index contributed by atoms with van der Waals surface area (Å²) >= 11 is 0. The van der Waals surface area contributed by atoms with Crippen LogP contribution < -0.4 is 9.47 Å². The molecule has 0 radical (unpaired) electrons. The number of aromatic nitrogens is 1. The molecule has 0 atom stereocenters. The van der Waals surface area contributed by atoms with Gasteiger partial charge in [0.05, 0.1) is 26.2 Å². The van der Waals surface area contributed by atoms with E-state index in [1.165, 1.54) is 0 Å². The predicted molar refractivity (Wildman–Crippen MR) is 116 cm³/mol. The highest BCUT2D eigenvalue weighted by atomic mass is 16.5. The van der Waals surface area contributed by atoms with Crippen LogP contribution in [0.3, 0.4) is 0 Å². The maximum Gasteiger partial charge on any atom is 0.227 e. The van der Waals surface area contributed by atoms with Crippen LogP contribution in [0.15, 0.2) is 42.5 Å². The number of amides is 1. The van der Waals surface area contributed by atoms with Crippen molar-refractivity contribution in [1.82, 2.24) is 9.88 Å². The Hall–Kier alpha value is -3.08. The highest BCUT2D eigenvalue weighted by Crippen LogP contribution is 2.28. The molecule has 0 saturated heterocycles. The van der Waals surface area contributed by atoms with Crippen LogP contribution in [0.5, 0.6) is 11.5 Å². The van der Waals surface area contributed by atoms with Crippen LogP contribution >= 0.6 is 0 Å². The first-order valence-electron chi connectivity index (χ1n) is 9.82. The van der Waals surface area contributed by atoms with Crippen LogP contribution in [-0.4, -0.2) is 36.6 Å². The molecule has 2 aromatic carbocycles. The Kier molecular flexibility index (Phi) is 6.37. The number of likely N-dealkylation sites (N-methyl/N-ethyl adjacent to an activating group) is 1. The number of hydrogen-bond acceptors (Lipinski definition) is 4. The van der Waals surface area contributed by atoms with Crippen molar-refractivity contribution in [3.05, 3.63) is 64.8 Å². The average molecular weight is 392 g/mol. The van der Waals surface area contributed by atoms with Gasteiger partial charge in [-0.25, -0.2) is 0 Å². The van der Waals surface area contributed by atoms with Gasteiger partial charge in [0, 0.05) is 24.2 Å². The second-order valence-corrected chi connectivity index (χ2v) is 7.09. The fourth-order valence-electron chi connectivity index (χ4n) is 3.67. The SMILES string of the molecule is CCN(Cc1ccc(OC)c(OC)c1)C(=O)Cc1c(C)nc2ccccc2c1C. The van der Waals surface area contributed by atoms with E-state index in [0.29, 0.717) is 31.0 Å². The lowest BCUT2D eigenvalue weighted by molar-refractivity contribution is -0.130. The monoisotopic (exact) mass is 392 g/mol. The Bertz CT molecular complexity index is 1030. The molecule has 1 aromatic heterocycles. The van der Waals surface area contributed by atoms with Crippen molar-refractivity contribution < 1.29 is 14.3 Å². The number of ether oxygens (including phenoxy) is 2. The average Bonchev–Trinajstić information content (AvgIpc) is 2.74. The van der Waals surface area contributed by atoms with Crippen molar-refractivity contribution >= 4 is 16.8 Å². The molecule has 0 aliphatic rings. The maximum atomic E-state index is 13.1. The normalized spacial score (nSPS) is 10.8. The van der Waals surface area contributed by atoms with E-state index in [1.807, 2.05) is 55.1 Å². The lowest BCUT2D eigenvalue weighted by Crippen LogP contribution is -2.32. The standard InChI is InChI=1S/C24H28N2O3/c1-6-26(15-18-11-12-22(28-4)23(13-18)29-5)24(27)14-20-16(2)19-9-7-8-10-21(19)25-17(20)3/h7-13H,6,14-15H2,1-5H3. The third-order valence-electron chi connectivity index (χ3n) is 5.37. The van der Waals surface area contributed by atoms with Crippen molar-refractivity contribution in [2.45, 2.75) is 33.7 Å². The molecule has 1 heterocycles. The summed E-state index contributed by atoms with van der Waals surface area (Å²) < 4.78 is 10.7. The second-order valence-electron chi connectivity index (χ2n) is 7.09. The minimum absolute atomic E-state index is 0.0885. The van der Waals surface area contributed by atoms with E-state index >= 15 is 0 Å². The van der Waals surface area contributed by atoms with Gasteiger partial charge in [0.25, 0.3) is 0 Å². The minimum atomic E-state index is 0.0885. The molecule has 29 heavy (non-hydrogen) atoms. The molecule has 0 spiro atoms. The van der Waals surface area contributed by atoms with Gasteiger partial charge in [-0.2, -0.15) is 0 Å². The van der Waals surface area contributed by atoms with Crippen LogP contribution in [0.1, 0.15) is 29.3 Å². The minimum Gasteiger partial charge on any atom is -0.493 e. The molecule has 152 valence electrons. The van der Waals surface area contributed by atoms with Crippen LogP contribution in [0, 0.1) is 13.8 Å². The van der Waals surface area contributed by atoms with E-state index in [2.05, 4.69) is 13.0 Å². The zero-order valence-corrected chi connectivity index (χ0v) is 17.8. The first-order chi connectivity index (χ1) is 14.0. The fraction of sp³-hybridized carbons (Fsp3) is 0.333. The summed E-state index contributed by atoms with van der Waals surface area (Å²) in [6.07, 6.45) is 0.344. The van der Waals surface area contributed by atoms with Crippen LogP contribution in [0.4, 0.5) is 0 Å². The third kappa shape index (κ3) is 4.34. The molecule has 5 heteroatoms. The van der Waals surface area contributed by atoms with Crippen molar-refractivity contribution in [2.24, 2.45) is 0 Å². The Balaban J connectivity index is 1.83. The Labute approximate surface area is 172 Å². The number of benzene rings is 2. The number of para-hydroxylation sites is 1. The number of hydrogen-bond donors (Lipinski definition) is 0. The summed E-state index contributed by atoms with van der Waals surface area (Å²) in [7, 11) is 3.23. The van der Waals surface area contributed by atoms with Gasteiger partial charge in [0.2, 0.25) is 5.91 Å². The van der Waals surface area contributed by atoms with Crippen molar-refractivity contribution in [1.29, 1.82) is 0 Å². The highest BCUT2D eigenvalue weighted by molar-refractivity contribution is 5.86. The molecule has 3 aromatic rings. The third-order valence-corrected chi connectivity index (χ3v) is 5.37. The summed E-state index contributed by atoms with van der Waals surface area (Å²) in [5.74, 6) is 1.43. The first kappa shape index (κ1) is 20.6. The van der Waals surface area contributed by atoms with Crippen molar-refractivity contribution in [3.8, 4) is 11.5 Å². The van der Waals surface area contributed by atoms with Gasteiger partial charge in [-0.15, -0.1) is 0 Å². The van der Waals surface area contributed by atoms with Gasteiger partial charge in [-0.05, 0) is 55.7 Å². The topological polar surface area (TPSA) is 51.7 Å². The van der Waals surface area contributed by atoms with Gasteiger partial charge in [0.1, 0.15) is 0 Å². The van der Waals surface area contributed by atoms with Crippen molar-refractivity contribution in [2.75, 3.05) is 20.8 Å². The van der Waals surface area contributed by atoms with Gasteiger partial charge in [-0.3, -0.25) is 9.78 Å². The predicted octanol–water partition coefficient (Wildman–Crippen LogP) is 4.46. The number of rotatable bonds is 7. The molecule has 0 fully saturated rings. The summed E-state index contributed by atoms with van der Waals surface area (Å²) in [5.41, 5.74) is 5.03. The summed E-state index contributed by atoms with van der Waals surface area (Å²) in [5, 5.41) is 1.10. The Morgan fingerprint density at radius 3 is 2.45 bits per heavy atom. The molecule has 0 aliphatic carbocycles. The van der Waals surface area contributed by atoms with E-state index < -0.39 is 0 Å². The molecule has 3 rings (SSSR count). The summed E-state index contributed by atoms with van der Waals surface area (Å²) in [4.78, 5) is 19.7. The van der Waals surface area contributed by atoms with Crippen LogP contribution in [-0.2, 0) is 17.8 Å². The molecule has 5 nitrogen and oxygen atoms in total. The van der Waals surface area contributed by atoms with Gasteiger partial charge < -0.3 is 14.4 Å². The quantitative estimate of drug-likeness (QED) is 0.596. The molecular weight excluding hydrogens is 364 g/mol. The van der Waals surface area contributed by atoms with E-state index in [4.69, 9.17) is 14.5 Å². The Morgan fingerprint density at radius 2 is 1.76 bits per heavy atom. The largest absolute Gasteiger partial charge is 0.493 e. The smallest absolute Gasteiger partial charge is 0.227 e. The molecule has 0 N–H and O–H groups in total. The number of carbonyl (C=O) groups is 1. The van der Waals surface area contributed by atoms with Gasteiger partial charge in [-0.1, -0.05) is 24.3 Å². The molecular formula is C24H28N2O3. The molecule has 0 aliphatic heterocycles. The zero-order valence-electron chi connectivity index (χ0n) is 17.8. The second kappa shape index (κ2) is 8.95. The van der Waals surface area contributed by atoms with Gasteiger partial charge in [0.15, 0.2) is 11.5 Å². The molecule has 0 bridgehead atoms. The summed E-state index contributed by atoms with van der Waals surface area (Å²) in [6.45, 7) is 7.20. The number of aryl methyl sites for hydroxylation is 2. The number of methoxy groups -OCH3 is 2. The number of carbonyl (C=O) groups excluding carboxylic acids is 1. The lowest BCUT2D eigenvalue weighted by Gasteiger charge is -2.23. The zero-order chi connectivity index (χ0) is 21.0. The number of pyridine rings is 1. The number of nitrogens with zero attached hydrogens (tertiary/aromatic N) is 2. The van der Waals surface area contributed by atoms with Crippen molar-refractivity contribution in [3.63, 3.8) is 0 Å². The van der Waals surface area contributed by atoms with E-state index in [0.717, 1.165) is 33.3 Å². The molecule has 0 saturated carbocycles. The summed E-state index contributed by atoms with van der Waals surface area (Å²) in [6, 6.07) is 13.8. The molecule has 0 unspecified atom stereocenters. The van der Waals surface area contributed by atoms with Crippen LogP contribution in [0.25, 0.3) is 10.9 Å². The van der Waals surface area contributed by atoms with E-state index in [-0.39, 0.29) is 5.91 Å². The highest BCUT2D eigenvalue weighted by Gasteiger charge is 2.18. The van der Waals surface area contributed by atoms with Crippen LogP contribution in [0.2, 0.25) is 0 Å². The van der Waals surface area contributed by atoms with E-state index in [1.54, 1.807) is 14.2 Å². The van der Waals surface area contributed by atoms with E-state index in [9.17, 15) is 4.79 Å². The lowest BCUT2D eigenvalue weighted by atomic mass is 9.99. The van der Waals surface area contributed by atoms with Gasteiger partial charge >= 0.3 is 0 Å². The number of fused-ring (bicyclic) bond motifs is 1. The fourth-order valence-corrected chi connectivity index (χ4v) is 3.67. The molecule has 1 amide bonds.